The van der Waals surface area contributed by atoms with Crippen molar-refractivity contribution in [1.82, 2.24) is 0 Å². The maximum absolute atomic E-state index is 3.18. The summed E-state index contributed by atoms with van der Waals surface area (Å²) >= 11 is 0. The molecule has 0 heterocycles. The van der Waals surface area contributed by atoms with Crippen molar-refractivity contribution in [2.24, 2.45) is 11.8 Å². The van der Waals surface area contributed by atoms with Crippen molar-refractivity contribution in [3.05, 3.63) is 11.6 Å². The first-order valence-electron chi connectivity index (χ1n) is 7.19. The van der Waals surface area contributed by atoms with Crippen LogP contribution in [0.15, 0.2) is 11.6 Å². The molecule has 0 aliphatic rings. The Morgan fingerprint density at radius 2 is 1.88 bits per heavy atom. The smallest absolute Gasteiger partial charge is 0.0356 e. The molecular formula is C17H30. The predicted octanol–water partition coefficient (Wildman–Crippen LogP) is 5.59. The molecule has 0 N–H and O–H groups in total. The summed E-state index contributed by atoms with van der Waals surface area (Å²) in [6.07, 6.45) is 10.5. The first-order chi connectivity index (χ1) is 8.10. The van der Waals surface area contributed by atoms with Gasteiger partial charge in [-0.1, -0.05) is 63.5 Å². The highest BCUT2D eigenvalue weighted by Crippen LogP contribution is 2.19. The summed E-state index contributed by atoms with van der Waals surface area (Å²) in [6, 6.07) is 0. The number of hydrogen-bond donors (Lipinski definition) is 0. The number of rotatable bonds is 8. The van der Waals surface area contributed by atoms with Crippen LogP contribution in [0, 0.1) is 23.7 Å². The summed E-state index contributed by atoms with van der Waals surface area (Å²) < 4.78 is 0. The van der Waals surface area contributed by atoms with E-state index >= 15 is 0 Å². The van der Waals surface area contributed by atoms with Crippen molar-refractivity contribution in [1.29, 1.82) is 0 Å². The molecule has 0 bridgehead atoms. The molecule has 0 spiro atoms. The van der Waals surface area contributed by atoms with Crippen molar-refractivity contribution in [3.8, 4) is 11.8 Å². The van der Waals surface area contributed by atoms with Gasteiger partial charge in [0.05, 0.1) is 0 Å². The summed E-state index contributed by atoms with van der Waals surface area (Å²) in [7, 11) is 0. The first kappa shape index (κ1) is 16.3. The second kappa shape index (κ2) is 10.5. The molecule has 0 radical (unpaired) electrons. The lowest BCUT2D eigenvalue weighted by Crippen LogP contribution is -1.97. The zero-order valence-corrected chi connectivity index (χ0v) is 12.5. The lowest BCUT2D eigenvalue weighted by molar-refractivity contribution is 0.485. The van der Waals surface area contributed by atoms with Crippen LogP contribution in [0.5, 0.6) is 0 Å². The van der Waals surface area contributed by atoms with Crippen molar-refractivity contribution >= 4 is 0 Å². The lowest BCUT2D eigenvalue weighted by Gasteiger charge is -2.12. The van der Waals surface area contributed by atoms with Crippen LogP contribution >= 0.6 is 0 Å². The Hall–Kier alpha value is -0.700. The fourth-order valence-corrected chi connectivity index (χ4v) is 2.34. The summed E-state index contributed by atoms with van der Waals surface area (Å²) in [5.41, 5.74) is 1.50. The lowest BCUT2D eigenvalue weighted by atomic mass is 9.94. The highest BCUT2D eigenvalue weighted by Gasteiger charge is 2.03. The topological polar surface area (TPSA) is 0 Å². The van der Waals surface area contributed by atoms with E-state index in [-0.39, 0.29) is 0 Å². The van der Waals surface area contributed by atoms with Crippen LogP contribution in [0.25, 0.3) is 0 Å². The fourth-order valence-electron chi connectivity index (χ4n) is 2.34. The Balaban J connectivity index is 3.84. The molecule has 0 aliphatic heterocycles. The molecule has 0 aliphatic carbocycles. The van der Waals surface area contributed by atoms with E-state index in [1.165, 1.54) is 44.1 Å². The zero-order valence-electron chi connectivity index (χ0n) is 12.5. The van der Waals surface area contributed by atoms with Gasteiger partial charge in [-0.25, -0.2) is 0 Å². The van der Waals surface area contributed by atoms with E-state index in [2.05, 4.69) is 45.6 Å². The van der Waals surface area contributed by atoms with Crippen LogP contribution in [0.1, 0.15) is 73.1 Å². The Morgan fingerprint density at radius 3 is 2.47 bits per heavy atom. The predicted molar refractivity (Wildman–Crippen MR) is 78.9 cm³/mol. The molecule has 2 atom stereocenters. The second-order valence-corrected chi connectivity index (χ2v) is 5.35. The molecule has 0 rings (SSSR count). The van der Waals surface area contributed by atoms with Crippen LogP contribution in [0.2, 0.25) is 0 Å². The van der Waals surface area contributed by atoms with Gasteiger partial charge in [0.25, 0.3) is 0 Å². The summed E-state index contributed by atoms with van der Waals surface area (Å²) in [6.45, 7) is 11.0. The highest BCUT2D eigenvalue weighted by atomic mass is 14.1. The molecule has 0 nitrogen and oxygen atoms in total. The molecule has 0 aromatic rings. The van der Waals surface area contributed by atoms with E-state index in [1.54, 1.807) is 0 Å². The molecule has 0 aromatic carbocycles. The van der Waals surface area contributed by atoms with E-state index in [0.717, 1.165) is 5.92 Å². The van der Waals surface area contributed by atoms with Gasteiger partial charge in [0.1, 0.15) is 0 Å². The molecular weight excluding hydrogens is 204 g/mol. The quantitative estimate of drug-likeness (QED) is 0.292. The van der Waals surface area contributed by atoms with Gasteiger partial charge in [-0.15, -0.1) is 5.92 Å². The minimum atomic E-state index is 0.410. The van der Waals surface area contributed by atoms with Crippen LogP contribution in [-0.4, -0.2) is 0 Å². The van der Waals surface area contributed by atoms with Gasteiger partial charge < -0.3 is 0 Å². The fraction of sp³-hybridized carbons (Fsp3) is 0.765. The number of allylic oxidation sites excluding steroid dienone is 2. The van der Waals surface area contributed by atoms with E-state index in [1.807, 2.05) is 6.92 Å². The van der Waals surface area contributed by atoms with Crippen molar-refractivity contribution in [3.63, 3.8) is 0 Å². The SMILES string of the molecule is CC#C[C@@H](C)/C=C(\C)C[C@H](C)CCCCCC. The molecule has 0 saturated carbocycles. The van der Waals surface area contributed by atoms with Gasteiger partial charge >= 0.3 is 0 Å². The van der Waals surface area contributed by atoms with Gasteiger partial charge in [0.15, 0.2) is 0 Å². The average molecular weight is 234 g/mol. The van der Waals surface area contributed by atoms with E-state index in [9.17, 15) is 0 Å². The van der Waals surface area contributed by atoms with Gasteiger partial charge in [0.2, 0.25) is 0 Å². The largest absolute Gasteiger partial charge is 0.106 e. The van der Waals surface area contributed by atoms with E-state index < -0.39 is 0 Å². The summed E-state index contributed by atoms with van der Waals surface area (Å²) in [4.78, 5) is 0. The maximum Gasteiger partial charge on any atom is 0.0356 e. The highest BCUT2D eigenvalue weighted by molar-refractivity contribution is 5.12. The van der Waals surface area contributed by atoms with Gasteiger partial charge in [-0.3, -0.25) is 0 Å². The Kier molecular flexibility index (Phi) is 10.0. The second-order valence-electron chi connectivity index (χ2n) is 5.35. The van der Waals surface area contributed by atoms with Crippen molar-refractivity contribution in [2.75, 3.05) is 0 Å². The third kappa shape index (κ3) is 10.2. The van der Waals surface area contributed by atoms with Gasteiger partial charge in [-0.2, -0.15) is 0 Å². The Labute approximate surface area is 109 Å². The minimum Gasteiger partial charge on any atom is -0.106 e. The molecule has 17 heavy (non-hydrogen) atoms. The molecule has 98 valence electrons. The normalized spacial score (nSPS) is 15.0. The monoisotopic (exact) mass is 234 g/mol. The van der Waals surface area contributed by atoms with Gasteiger partial charge in [0, 0.05) is 5.92 Å². The molecule has 0 heteroatoms. The van der Waals surface area contributed by atoms with Crippen molar-refractivity contribution in [2.45, 2.75) is 73.1 Å². The Bertz CT molecular complexity index is 261. The summed E-state index contributed by atoms with van der Waals surface area (Å²) in [5, 5.41) is 0. The van der Waals surface area contributed by atoms with Gasteiger partial charge in [-0.05, 0) is 33.1 Å². The molecule has 0 amide bonds. The third-order valence-corrected chi connectivity index (χ3v) is 3.13. The first-order valence-corrected chi connectivity index (χ1v) is 7.19. The zero-order chi connectivity index (χ0) is 13.1. The number of unbranched alkanes of at least 4 members (excludes halogenated alkanes) is 3. The number of hydrogen-bond acceptors (Lipinski definition) is 0. The third-order valence-electron chi connectivity index (χ3n) is 3.13. The van der Waals surface area contributed by atoms with E-state index in [4.69, 9.17) is 0 Å². The van der Waals surface area contributed by atoms with Crippen molar-refractivity contribution < 1.29 is 0 Å². The standard InChI is InChI=1S/C17H30/c1-6-8-9-10-12-16(4)14-17(5)13-15(3)11-7-2/h13,15-16H,6,8-10,12,14H2,1-5H3/b17-13+/t15-,16-/m1/s1. The van der Waals surface area contributed by atoms with Crippen LogP contribution in [-0.2, 0) is 0 Å². The average Bonchev–Trinajstić information content (AvgIpc) is 2.24. The van der Waals surface area contributed by atoms with E-state index in [0.29, 0.717) is 5.92 Å². The Morgan fingerprint density at radius 1 is 1.18 bits per heavy atom. The molecule has 0 unspecified atom stereocenters. The van der Waals surface area contributed by atoms with Crippen LogP contribution in [0.3, 0.4) is 0 Å². The molecule has 0 fully saturated rings. The maximum atomic E-state index is 3.18. The molecule has 0 aromatic heterocycles. The summed E-state index contributed by atoms with van der Waals surface area (Å²) in [5.74, 6) is 7.40. The van der Waals surface area contributed by atoms with Crippen LogP contribution in [0.4, 0.5) is 0 Å². The molecule has 0 saturated heterocycles. The minimum absolute atomic E-state index is 0.410. The van der Waals surface area contributed by atoms with Crippen LogP contribution < -0.4 is 0 Å².